The van der Waals surface area contributed by atoms with Crippen LogP contribution < -0.4 is 10.1 Å². The second-order valence-electron chi connectivity index (χ2n) is 5.60. The summed E-state index contributed by atoms with van der Waals surface area (Å²) in [5.74, 6) is 0.677. The van der Waals surface area contributed by atoms with Gasteiger partial charge in [0.1, 0.15) is 18.5 Å². The number of carbonyl (C=O) groups is 1. The number of carbonyl (C=O) groups excluding carboxylic acids is 1. The minimum absolute atomic E-state index is 0.0318. The molecule has 0 saturated carbocycles. The van der Waals surface area contributed by atoms with E-state index in [1.165, 1.54) is 0 Å². The highest BCUT2D eigenvalue weighted by molar-refractivity contribution is 5.94. The molecular weight excluding hydrogens is 278 g/mol. The lowest BCUT2D eigenvalue weighted by atomic mass is 10.0. The molecule has 1 amide bonds. The Labute approximate surface area is 129 Å². The number of rotatable bonds is 4. The molecule has 1 atom stereocenters. The fourth-order valence-electron chi connectivity index (χ4n) is 2.50. The highest BCUT2D eigenvalue weighted by Crippen LogP contribution is 2.27. The molecule has 3 rings (SSSR count). The van der Waals surface area contributed by atoms with Gasteiger partial charge in [-0.25, -0.2) is 0 Å². The Hall–Kier alpha value is -2.33. The molecule has 0 aromatic heterocycles. The van der Waals surface area contributed by atoms with E-state index in [0.717, 1.165) is 28.8 Å². The summed E-state index contributed by atoms with van der Waals surface area (Å²) >= 11 is 0. The third-order valence-corrected chi connectivity index (χ3v) is 3.85. The molecular formula is C18H19NO3. The third kappa shape index (κ3) is 3.28. The predicted molar refractivity (Wildman–Crippen MR) is 85.0 cm³/mol. The van der Waals surface area contributed by atoms with E-state index >= 15 is 0 Å². The lowest BCUT2D eigenvalue weighted by Gasteiger charge is -2.18. The van der Waals surface area contributed by atoms with Crippen molar-refractivity contribution in [3.8, 4) is 5.75 Å². The van der Waals surface area contributed by atoms with Crippen molar-refractivity contribution in [2.45, 2.75) is 25.9 Å². The van der Waals surface area contributed by atoms with Crippen LogP contribution in [0.2, 0.25) is 0 Å². The van der Waals surface area contributed by atoms with Gasteiger partial charge in [-0.1, -0.05) is 35.9 Å². The van der Waals surface area contributed by atoms with E-state index in [1.54, 1.807) is 0 Å². The molecule has 0 aliphatic carbocycles. The van der Waals surface area contributed by atoms with Gasteiger partial charge < -0.3 is 15.2 Å². The molecule has 0 spiro atoms. The Balaban J connectivity index is 1.65. The predicted octanol–water partition coefficient (Wildman–Crippen LogP) is 2.99. The van der Waals surface area contributed by atoms with Gasteiger partial charge in [-0.05, 0) is 30.5 Å². The van der Waals surface area contributed by atoms with Crippen molar-refractivity contribution in [1.29, 1.82) is 0 Å². The molecule has 0 saturated heterocycles. The van der Waals surface area contributed by atoms with Crippen LogP contribution in [-0.2, 0) is 11.2 Å². The van der Waals surface area contributed by atoms with Crippen LogP contribution in [0.1, 0.15) is 29.2 Å². The first-order valence-corrected chi connectivity index (χ1v) is 7.42. The number of hydrogen-bond donors (Lipinski definition) is 2. The van der Waals surface area contributed by atoms with E-state index < -0.39 is 6.10 Å². The minimum Gasteiger partial charge on any atom is -0.490 e. The maximum atomic E-state index is 11.4. The molecule has 2 aromatic carbocycles. The van der Waals surface area contributed by atoms with Crippen molar-refractivity contribution in [3.05, 3.63) is 59.2 Å². The Morgan fingerprint density at radius 3 is 2.73 bits per heavy atom. The van der Waals surface area contributed by atoms with Crippen LogP contribution in [0.15, 0.2) is 42.5 Å². The van der Waals surface area contributed by atoms with Gasteiger partial charge in [0.05, 0.1) is 0 Å². The molecule has 0 radical (unpaired) electrons. The number of fused-ring (bicyclic) bond motifs is 1. The first-order chi connectivity index (χ1) is 10.6. The number of anilines is 1. The quantitative estimate of drug-likeness (QED) is 0.912. The summed E-state index contributed by atoms with van der Waals surface area (Å²) in [4.78, 5) is 11.4. The van der Waals surface area contributed by atoms with Crippen LogP contribution in [0.3, 0.4) is 0 Å². The zero-order chi connectivity index (χ0) is 15.5. The Bertz CT molecular complexity index is 679. The van der Waals surface area contributed by atoms with Gasteiger partial charge in [0.15, 0.2) is 0 Å². The monoisotopic (exact) mass is 297 g/mol. The first kappa shape index (κ1) is 14.6. The molecule has 2 aromatic rings. The molecule has 0 fully saturated rings. The molecule has 22 heavy (non-hydrogen) atoms. The maximum absolute atomic E-state index is 11.4. The van der Waals surface area contributed by atoms with Crippen LogP contribution >= 0.6 is 0 Å². The summed E-state index contributed by atoms with van der Waals surface area (Å²) in [7, 11) is 0. The second kappa shape index (κ2) is 6.20. The number of ether oxygens (including phenoxy) is 1. The van der Waals surface area contributed by atoms with E-state index in [0.29, 0.717) is 12.2 Å². The number of aryl methyl sites for hydroxylation is 2. The molecule has 1 aliphatic rings. The summed E-state index contributed by atoms with van der Waals surface area (Å²) in [5, 5.41) is 13.0. The lowest BCUT2D eigenvalue weighted by molar-refractivity contribution is -0.116. The minimum atomic E-state index is -0.675. The average Bonchev–Trinajstić information content (AvgIpc) is 2.53. The van der Waals surface area contributed by atoms with Gasteiger partial charge in [0.25, 0.3) is 0 Å². The summed E-state index contributed by atoms with van der Waals surface area (Å²) in [5.41, 5.74) is 3.91. The fourth-order valence-corrected chi connectivity index (χ4v) is 2.50. The summed E-state index contributed by atoms with van der Waals surface area (Å²) in [6.07, 6.45) is 0.610. The Morgan fingerprint density at radius 1 is 1.18 bits per heavy atom. The van der Waals surface area contributed by atoms with Crippen molar-refractivity contribution < 1.29 is 14.6 Å². The zero-order valence-corrected chi connectivity index (χ0v) is 12.5. The molecule has 1 aliphatic heterocycles. The lowest BCUT2D eigenvalue weighted by Crippen LogP contribution is -2.19. The first-order valence-electron chi connectivity index (χ1n) is 7.42. The Morgan fingerprint density at radius 2 is 1.95 bits per heavy atom. The molecule has 114 valence electrons. The van der Waals surface area contributed by atoms with Gasteiger partial charge in [0, 0.05) is 18.2 Å². The van der Waals surface area contributed by atoms with E-state index in [1.807, 2.05) is 49.4 Å². The van der Waals surface area contributed by atoms with Gasteiger partial charge in [-0.2, -0.15) is 0 Å². The van der Waals surface area contributed by atoms with Crippen molar-refractivity contribution in [2.24, 2.45) is 0 Å². The highest BCUT2D eigenvalue weighted by Gasteiger charge is 2.15. The van der Waals surface area contributed by atoms with Crippen molar-refractivity contribution >= 4 is 11.6 Å². The largest absolute Gasteiger partial charge is 0.490 e. The van der Waals surface area contributed by atoms with Gasteiger partial charge >= 0.3 is 0 Å². The zero-order valence-electron chi connectivity index (χ0n) is 12.5. The number of amides is 1. The van der Waals surface area contributed by atoms with Crippen LogP contribution in [0, 0.1) is 6.92 Å². The average molecular weight is 297 g/mol. The number of benzene rings is 2. The summed E-state index contributed by atoms with van der Waals surface area (Å²) in [6.45, 7) is 2.18. The van der Waals surface area contributed by atoms with E-state index in [9.17, 15) is 9.90 Å². The van der Waals surface area contributed by atoms with Crippen LogP contribution in [0.25, 0.3) is 0 Å². The molecule has 1 heterocycles. The number of nitrogens with one attached hydrogen (secondary N) is 1. The number of hydrogen-bond acceptors (Lipinski definition) is 3. The third-order valence-electron chi connectivity index (χ3n) is 3.85. The molecule has 4 nitrogen and oxygen atoms in total. The van der Waals surface area contributed by atoms with Crippen LogP contribution in [0.5, 0.6) is 5.75 Å². The second-order valence-corrected chi connectivity index (χ2v) is 5.60. The topological polar surface area (TPSA) is 58.6 Å². The normalized spacial score (nSPS) is 14.9. The van der Waals surface area contributed by atoms with E-state index in [4.69, 9.17) is 4.74 Å². The molecule has 4 heteroatoms. The molecule has 2 N–H and O–H groups in total. The fraction of sp³-hybridized carbons (Fsp3) is 0.278. The molecule has 1 unspecified atom stereocenters. The van der Waals surface area contributed by atoms with Crippen molar-refractivity contribution in [3.63, 3.8) is 0 Å². The highest BCUT2D eigenvalue weighted by atomic mass is 16.5. The number of aliphatic hydroxyl groups is 1. The van der Waals surface area contributed by atoms with Gasteiger partial charge in [0.2, 0.25) is 5.91 Å². The van der Waals surface area contributed by atoms with Crippen LogP contribution in [-0.4, -0.2) is 17.6 Å². The SMILES string of the molecule is Cc1ccc(C(O)COc2ccc3c(c2)NC(=O)CC3)cc1. The van der Waals surface area contributed by atoms with Gasteiger partial charge in [-0.15, -0.1) is 0 Å². The van der Waals surface area contributed by atoms with Gasteiger partial charge in [-0.3, -0.25) is 4.79 Å². The Kier molecular flexibility index (Phi) is 4.11. The summed E-state index contributed by atoms with van der Waals surface area (Å²) < 4.78 is 5.65. The smallest absolute Gasteiger partial charge is 0.224 e. The van der Waals surface area contributed by atoms with E-state index in [-0.39, 0.29) is 12.5 Å². The number of aliphatic hydroxyl groups excluding tert-OH is 1. The van der Waals surface area contributed by atoms with E-state index in [2.05, 4.69) is 5.32 Å². The van der Waals surface area contributed by atoms with Crippen LogP contribution in [0.4, 0.5) is 5.69 Å². The molecule has 0 bridgehead atoms. The standard InChI is InChI=1S/C18H19NO3/c1-12-2-4-14(5-3-12)17(20)11-22-15-8-6-13-7-9-18(21)19-16(13)10-15/h2-6,8,10,17,20H,7,9,11H2,1H3,(H,19,21). The van der Waals surface area contributed by atoms with Crippen molar-refractivity contribution in [2.75, 3.05) is 11.9 Å². The summed E-state index contributed by atoms with van der Waals surface area (Å²) in [6, 6.07) is 13.4. The maximum Gasteiger partial charge on any atom is 0.224 e. The van der Waals surface area contributed by atoms with Crippen molar-refractivity contribution in [1.82, 2.24) is 0 Å².